The van der Waals surface area contributed by atoms with Gasteiger partial charge in [-0.25, -0.2) is 0 Å². The van der Waals surface area contributed by atoms with E-state index < -0.39 is 0 Å². The largest absolute Gasteiger partial charge is 0.0682 e. The first-order valence-electron chi connectivity index (χ1n) is 7.40. The molecule has 0 spiro atoms. The molecule has 0 bridgehead atoms. The van der Waals surface area contributed by atoms with E-state index in [4.69, 9.17) is 0 Å². The van der Waals surface area contributed by atoms with Gasteiger partial charge < -0.3 is 0 Å². The van der Waals surface area contributed by atoms with Crippen LogP contribution in [0.3, 0.4) is 0 Å². The number of hydrogen-bond donors (Lipinski definition) is 0. The van der Waals surface area contributed by atoms with Crippen molar-refractivity contribution in [3.63, 3.8) is 0 Å². The molecule has 0 N–H and O–H groups in total. The monoisotopic (exact) mass is 220 g/mol. The molecule has 1 fully saturated rings. The smallest absolute Gasteiger partial charge is 0.0200 e. The van der Waals surface area contributed by atoms with Crippen LogP contribution in [0.2, 0.25) is 0 Å². The molecule has 2 aliphatic rings. The molecule has 16 heavy (non-hydrogen) atoms. The normalized spacial score (nSPS) is 28.9. The molecule has 0 unspecified atom stereocenters. The fraction of sp³-hybridized carbons (Fsp3) is 0.875. The van der Waals surface area contributed by atoms with E-state index in [0.29, 0.717) is 0 Å². The average molecular weight is 220 g/mol. The molecule has 0 radical (unpaired) electrons. The lowest BCUT2D eigenvalue weighted by Crippen LogP contribution is -2.19. The Hall–Kier alpha value is -0.260. The highest BCUT2D eigenvalue weighted by Crippen LogP contribution is 2.41. The standard InChI is InChI=1S/C16H28/c1-12(2)15-10-9-13(3)11-16(15)14-7-5-4-6-8-14/h12-14H,4-11H2,1-3H3/t13-/m1/s1. The highest BCUT2D eigenvalue weighted by Gasteiger charge is 2.26. The predicted octanol–water partition coefficient (Wildman–Crippen LogP) is 5.34. The molecule has 0 heteroatoms. The molecule has 0 heterocycles. The summed E-state index contributed by atoms with van der Waals surface area (Å²) in [6, 6.07) is 0. The molecule has 0 aliphatic heterocycles. The van der Waals surface area contributed by atoms with Crippen LogP contribution in [0.15, 0.2) is 11.1 Å². The molecule has 92 valence electrons. The number of allylic oxidation sites excluding steroid dienone is 2. The summed E-state index contributed by atoms with van der Waals surface area (Å²) < 4.78 is 0. The van der Waals surface area contributed by atoms with Gasteiger partial charge in [-0.2, -0.15) is 0 Å². The molecule has 0 nitrogen and oxygen atoms in total. The van der Waals surface area contributed by atoms with E-state index >= 15 is 0 Å². The Bertz CT molecular complexity index is 253. The van der Waals surface area contributed by atoms with Crippen molar-refractivity contribution in [3.8, 4) is 0 Å². The molecule has 2 aliphatic carbocycles. The zero-order valence-electron chi connectivity index (χ0n) is 11.4. The van der Waals surface area contributed by atoms with Crippen LogP contribution in [0, 0.1) is 17.8 Å². The van der Waals surface area contributed by atoms with Crippen LogP contribution in [0.5, 0.6) is 0 Å². The summed E-state index contributed by atoms with van der Waals surface area (Å²) >= 11 is 0. The maximum absolute atomic E-state index is 2.44. The number of rotatable bonds is 2. The van der Waals surface area contributed by atoms with Gasteiger partial charge in [0.2, 0.25) is 0 Å². The maximum Gasteiger partial charge on any atom is -0.0200 e. The van der Waals surface area contributed by atoms with Crippen LogP contribution < -0.4 is 0 Å². The lowest BCUT2D eigenvalue weighted by molar-refractivity contribution is 0.355. The fourth-order valence-corrected chi connectivity index (χ4v) is 3.71. The van der Waals surface area contributed by atoms with Crippen molar-refractivity contribution in [2.45, 2.75) is 72.1 Å². The van der Waals surface area contributed by atoms with Gasteiger partial charge in [-0.3, -0.25) is 0 Å². The second-order valence-corrected chi connectivity index (χ2v) is 6.39. The van der Waals surface area contributed by atoms with Gasteiger partial charge >= 0.3 is 0 Å². The number of hydrogen-bond acceptors (Lipinski definition) is 0. The third kappa shape index (κ3) is 2.70. The van der Waals surface area contributed by atoms with Gasteiger partial charge in [0.15, 0.2) is 0 Å². The van der Waals surface area contributed by atoms with Crippen LogP contribution in [-0.2, 0) is 0 Å². The summed E-state index contributed by atoms with van der Waals surface area (Å²) in [5.74, 6) is 2.71. The first-order chi connectivity index (χ1) is 7.68. The minimum absolute atomic E-state index is 0.796. The summed E-state index contributed by atoms with van der Waals surface area (Å²) in [4.78, 5) is 0. The SMILES string of the molecule is CC(C)C1=C(C2CCCCC2)C[C@H](C)CC1. The summed E-state index contributed by atoms with van der Waals surface area (Å²) in [7, 11) is 0. The van der Waals surface area contributed by atoms with Crippen LogP contribution in [0.25, 0.3) is 0 Å². The Morgan fingerprint density at radius 1 is 1.00 bits per heavy atom. The molecule has 2 rings (SSSR count). The first-order valence-corrected chi connectivity index (χ1v) is 7.40. The van der Waals surface area contributed by atoms with Gasteiger partial charge in [0.05, 0.1) is 0 Å². The van der Waals surface area contributed by atoms with Gasteiger partial charge in [0, 0.05) is 0 Å². The third-order valence-corrected chi connectivity index (χ3v) is 4.68. The minimum atomic E-state index is 0.796. The van der Waals surface area contributed by atoms with Crippen LogP contribution >= 0.6 is 0 Å². The molecular weight excluding hydrogens is 192 g/mol. The Balaban J connectivity index is 2.17. The van der Waals surface area contributed by atoms with Crippen molar-refractivity contribution in [3.05, 3.63) is 11.1 Å². The molecular formula is C16H28. The van der Waals surface area contributed by atoms with E-state index in [9.17, 15) is 0 Å². The van der Waals surface area contributed by atoms with E-state index in [1.807, 2.05) is 11.1 Å². The summed E-state index contributed by atoms with van der Waals surface area (Å²) in [5.41, 5.74) is 3.73. The molecule has 0 amide bonds. The topological polar surface area (TPSA) is 0 Å². The van der Waals surface area contributed by atoms with Gasteiger partial charge in [-0.15, -0.1) is 0 Å². The van der Waals surface area contributed by atoms with Crippen molar-refractivity contribution in [1.82, 2.24) is 0 Å². The molecule has 0 aromatic carbocycles. The van der Waals surface area contributed by atoms with Crippen LogP contribution in [0.1, 0.15) is 72.1 Å². The van der Waals surface area contributed by atoms with Crippen molar-refractivity contribution in [2.24, 2.45) is 17.8 Å². The van der Waals surface area contributed by atoms with E-state index in [2.05, 4.69) is 20.8 Å². The molecule has 0 aromatic heterocycles. The zero-order valence-corrected chi connectivity index (χ0v) is 11.4. The lowest BCUT2D eigenvalue weighted by Gasteiger charge is -2.34. The molecule has 1 saturated carbocycles. The molecule has 1 atom stereocenters. The van der Waals surface area contributed by atoms with Crippen molar-refractivity contribution >= 4 is 0 Å². The van der Waals surface area contributed by atoms with Gasteiger partial charge in [-0.1, -0.05) is 51.2 Å². The second kappa shape index (κ2) is 5.38. The van der Waals surface area contributed by atoms with Gasteiger partial charge in [0.1, 0.15) is 0 Å². The lowest BCUT2D eigenvalue weighted by atomic mass is 9.72. The third-order valence-electron chi connectivity index (χ3n) is 4.68. The quantitative estimate of drug-likeness (QED) is 0.551. The Labute approximate surface area is 102 Å². The van der Waals surface area contributed by atoms with Gasteiger partial charge in [0.25, 0.3) is 0 Å². The van der Waals surface area contributed by atoms with Crippen molar-refractivity contribution in [2.75, 3.05) is 0 Å². The van der Waals surface area contributed by atoms with Gasteiger partial charge in [-0.05, 0) is 49.9 Å². The Morgan fingerprint density at radius 2 is 1.69 bits per heavy atom. The average Bonchev–Trinajstić information content (AvgIpc) is 2.29. The second-order valence-electron chi connectivity index (χ2n) is 6.39. The highest BCUT2D eigenvalue weighted by atomic mass is 14.3. The summed E-state index contributed by atoms with van der Waals surface area (Å²) in [6.45, 7) is 7.24. The van der Waals surface area contributed by atoms with Crippen LogP contribution in [-0.4, -0.2) is 0 Å². The van der Waals surface area contributed by atoms with E-state index in [-0.39, 0.29) is 0 Å². The first kappa shape index (κ1) is 12.2. The predicted molar refractivity (Wildman–Crippen MR) is 71.5 cm³/mol. The Kier molecular flexibility index (Phi) is 4.10. The van der Waals surface area contributed by atoms with E-state index in [1.165, 1.54) is 51.4 Å². The fourth-order valence-electron chi connectivity index (χ4n) is 3.71. The van der Waals surface area contributed by atoms with Crippen molar-refractivity contribution < 1.29 is 0 Å². The summed E-state index contributed by atoms with van der Waals surface area (Å²) in [6.07, 6.45) is 11.7. The van der Waals surface area contributed by atoms with Crippen LogP contribution in [0.4, 0.5) is 0 Å². The zero-order chi connectivity index (χ0) is 11.5. The Morgan fingerprint density at radius 3 is 2.31 bits per heavy atom. The van der Waals surface area contributed by atoms with E-state index in [1.54, 1.807) is 0 Å². The highest BCUT2D eigenvalue weighted by molar-refractivity contribution is 5.22. The molecule has 0 aromatic rings. The van der Waals surface area contributed by atoms with E-state index in [0.717, 1.165) is 17.8 Å². The maximum atomic E-state index is 2.44. The minimum Gasteiger partial charge on any atom is -0.0682 e. The molecule has 0 saturated heterocycles. The van der Waals surface area contributed by atoms with Crippen molar-refractivity contribution in [1.29, 1.82) is 0 Å². The summed E-state index contributed by atoms with van der Waals surface area (Å²) in [5, 5.41) is 0.